The molecule has 0 bridgehead atoms. The minimum Gasteiger partial charge on any atom is -0.475 e. The number of hydrogen-bond donors (Lipinski definition) is 2. The van der Waals surface area contributed by atoms with Crippen LogP contribution in [0.4, 0.5) is 4.79 Å². The van der Waals surface area contributed by atoms with Gasteiger partial charge in [-0.25, -0.2) is 9.59 Å². The molecule has 1 heterocycles. The van der Waals surface area contributed by atoms with Crippen LogP contribution in [0.5, 0.6) is 0 Å². The fourth-order valence-electron chi connectivity index (χ4n) is 2.73. The summed E-state index contributed by atoms with van der Waals surface area (Å²) in [7, 11) is 0. The van der Waals surface area contributed by atoms with E-state index in [4.69, 9.17) is 9.15 Å². The van der Waals surface area contributed by atoms with Crippen LogP contribution in [0.25, 0.3) is 11.1 Å². The standard InChI is InChI=1S/C21H19NO5/c23-20(24)19-18(16-9-5-2-6-10-16)17(13-26-19)14-27-21(25)22-12-11-15-7-3-1-4-8-15/h1-10,13H,11-12,14H2,(H,22,25)(H,23,24). The van der Waals surface area contributed by atoms with Crippen molar-refractivity contribution >= 4 is 12.1 Å². The zero-order chi connectivity index (χ0) is 19.1. The molecule has 0 fully saturated rings. The minimum atomic E-state index is -1.17. The Balaban J connectivity index is 1.61. The lowest BCUT2D eigenvalue weighted by atomic mass is 10.0. The van der Waals surface area contributed by atoms with Gasteiger partial charge in [-0.2, -0.15) is 0 Å². The van der Waals surface area contributed by atoms with Crippen LogP contribution in [0.3, 0.4) is 0 Å². The van der Waals surface area contributed by atoms with Crippen LogP contribution in [0, 0.1) is 0 Å². The molecule has 27 heavy (non-hydrogen) atoms. The Labute approximate surface area is 156 Å². The van der Waals surface area contributed by atoms with E-state index in [0.29, 0.717) is 29.7 Å². The van der Waals surface area contributed by atoms with Gasteiger partial charge in [0.25, 0.3) is 0 Å². The third kappa shape index (κ3) is 4.76. The van der Waals surface area contributed by atoms with Crippen molar-refractivity contribution in [3.63, 3.8) is 0 Å². The summed E-state index contributed by atoms with van der Waals surface area (Å²) < 4.78 is 10.4. The van der Waals surface area contributed by atoms with Crippen molar-refractivity contribution in [1.29, 1.82) is 0 Å². The summed E-state index contributed by atoms with van der Waals surface area (Å²) in [6, 6.07) is 18.8. The molecule has 2 aromatic carbocycles. The summed E-state index contributed by atoms with van der Waals surface area (Å²) in [5.41, 5.74) is 2.72. The number of aromatic carboxylic acids is 1. The summed E-state index contributed by atoms with van der Waals surface area (Å²) in [4.78, 5) is 23.3. The monoisotopic (exact) mass is 365 g/mol. The molecule has 0 aliphatic rings. The molecular weight excluding hydrogens is 346 g/mol. The lowest BCUT2D eigenvalue weighted by molar-refractivity contribution is 0.0663. The zero-order valence-corrected chi connectivity index (χ0v) is 14.6. The van der Waals surface area contributed by atoms with Crippen LogP contribution >= 0.6 is 0 Å². The smallest absolute Gasteiger partial charge is 0.407 e. The largest absolute Gasteiger partial charge is 0.475 e. The number of alkyl carbamates (subject to hydrolysis) is 1. The SMILES string of the molecule is O=C(NCCc1ccccc1)OCc1coc(C(=O)O)c1-c1ccccc1. The molecule has 0 atom stereocenters. The van der Waals surface area contributed by atoms with Gasteiger partial charge in [-0.15, -0.1) is 0 Å². The highest BCUT2D eigenvalue weighted by Gasteiger charge is 2.21. The molecule has 3 aromatic rings. The summed E-state index contributed by atoms with van der Waals surface area (Å²) in [5.74, 6) is -1.35. The first-order valence-corrected chi connectivity index (χ1v) is 8.49. The Morgan fingerprint density at radius 1 is 1.00 bits per heavy atom. The van der Waals surface area contributed by atoms with Crippen molar-refractivity contribution in [3.05, 3.63) is 83.8 Å². The molecule has 6 nitrogen and oxygen atoms in total. The topological polar surface area (TPSA) is 88.8 Å². The van der Waals surface area contributed by atoms with Gasteiger partial charge < -0.3 is 19.6 Å². The normalized spacial score (nSPS) is 10.4. The molecule has 0 aliphatic heterocycles. The number of furan rings is 1. The van der Waals surface area contributed by atoms with E-state index in [1.165, 1.54) is 6.26 Å². The Hall–Kier alpha value is -3.54. The second-order valence-electron chi connectivity index (χ2n) is 5.87. The van der Waals surface area contributed by atoms with E-state index in [9.17, 15) is 14.7 Å². The predicted octanol–water partition coefficient (Wildman–Crippen LogP) is 4.11. The summed E-state index contributed by atoms with van der Waals surface area (Å²) in [6.07, 6.45) is 1.44. The molecule has 1 amide bonds. The Morgan fingerprint density at radius 3 is 2.33 bits per heavy atom. The third-order valence-corrected chi connectivity index (χ3v) is 4.01. The number of ether oxygens (including phenoxy) is 1. The van der Waals surface area contributed by atoms with Crippen molar-refractivity contribution in [1.82, 2.24) is 5.32 Å². The molecule has 138 valence electrons. The lowest BCUT2D eigenvalue weighted by Gasteiger charge is -2.08. The van der Waals surface area contributed by atoms with E-state index >= 15 is 0 Å². The van der Waals surface area contributed by atoms with Crippen LogP contribution in [0.1, 0.15) is 21.7 Å². The molecule has 0 aliphatic carbocycles. The minimum absolute atomic E-state index is 0.0851. The van der Waals surface area contributed by atoms with Crippen molar-refractivity contribution < 1.29 is 23.8 Å². The molecule has 2 N–H and O–H groups in total. The van der Waals surface area contributed by atoms with Crippen molar-refractivity contribution in [2.75, 3.05) is 6.54 Å². The maximum atomic E-state index is 11.9. The molecule has 0 radical (unpaired) electrons. The molecular formula is C21H19NO5. The van der Waals surface area contributed by atoms with Crippen molar-refractivity contribution in [3.8, 4) is 11.1 Å². The highest BCUT2D eigenvalue weighted by molar-refractivity contribution is 5.94. The first-order valence-electron chi connectivity index (χ1n) is 8.49. The first-order chi connectivity index (χ1) is 13.1. The van der Waals surface area contributed by atoms with Crippen LogP contribution in [-0.4, -0.2) is 23.7 Å². The van der Waals surface area contributed by atoms with Gasteiger partial charge in [0.05, 0.1) is 6.26 Å². The van der Waals surface area contributed by atoms with Crippen LogP contribution in [-0.2, 0) is 17.8 Å². The first kappa shape index (κ1) is 18.3. The summed E-state index contributed by atoms with van der Waals surface area (Å²) >= 11 is 0. The van der Waals surface area contributed by atoms with Crippen molar-refractivity contribution in [2.24, 2.45) is 0 Å². The van der Waals surface area contributed by atoms with Gasteiger partial charge >= 0.3 is 12.1 Å². The van der Waals surface area contributed by atoms with E-state index in [1.54, 1.807) is 24.3 Å². The number of rotatable bonds is 7. The molecule has 1 aromatic heterocycles. The van der Waals surface area contributed by atoms with Crippen LogP contribution < -0.4 is 5.32 Å². The highest BCUT2D eigenvalue weighted by Crippen LogP contribution is 2.30. The van der Waals surface area contributed by atoms with Gasteiger partial charge in [-0.3, -0.25) is 0 Å². The number of carbonyl (C=O) groups is 2. The Kier molecular flexibility index (Phi) is 5.89. The second kappa shape index (κ2) is 8.71. The van der Waals surface area contributed by atoms with Crippen LogP contribution in [0.15, 0.2) is 71.3 Å². The second-order valence-corrected chi connectivity index (χ2v) is 5.87. The van der Waals surface area contributed by atoms with Crippen LogP contribution in [0.2, 0.25) is 0 Å². The van der Waals surface area contributed by atoms with Gasteiger partial charge in [-0.05, 0) is 17.5 Å². The average Bonchev–Trinajstić information content (AvgIpc) is 3.12. The third-order valence-electron chi connectivity index (χ3n) is 4.01. The quantitative estimate of drug-likeness (QED) is 0.658. The van der Waals surface area contributed by atoms with Gasteiger partial charge in [0.2, 0.25) is 5.76 Å². The molecule has 0 saturated heterocycles. The maximum absolute atomic E-state index is 11.9. The van der Waals surface area contributed by atoms with Crippen molar-refractivity contribution in [2.45, 2.75) is 13.0 Å². The molecule has 6 heteroatoms. The van der Waals surface area contributed by atoms with E-state index in [-0.39, 0.29) is 12.4 Å². The highest BCUT2D eigenvalue weighted by atomic mass is 16.5. The van der Waals surface area contributed by atoms with Gasteiger partial charge in [-0.1, -0.05) is 60.7 Å². The maximum Gasteiger partial charge on any atom is 0.407 e. The number of benzene rings is 2. The fraction of sp³-hybridized carbons (Fsp3) is 0.143. The number of nitrogens with one attached hydrogen (secondary N) is 1. The number of amides is 1. The zero-order valence-electron chi connectivity index (χ0n) is 14.6. The fourth-order valence-corrected chi connectivity index (χ4v) is 2.73. The average molecular weight is 365 g/mol. The summed E-state index contributed by atoms with van der Waals surface area (Å²) in [5, 5.41) is 12.0. The van der Waals surface area contributed by atoms with E-state index in [1.807, 2.05) is 36.4 Å². The number of carboxylic acids is 1. The van der Waals surface area contributed by atoms with E-state index < -0.39 is 12.1 Å². The molecule has 0 saturated carbocycles. The molecule has 0 unspecified atom stereocenters. The number of carboxylic acid groups (broad SMARTS) is 1. The van der Waals surface area contributed by atoms with Gasteiger partial charge in [0.1, 0.15) is 6.61 Å². The number of carbonyl (C=O) groups excluding carboxylic acids is 1. The van der Waals surface area contributed by atoms with E-state index in [2.05, 4.69) is 5.32 Å². The molecule has 0 spiro atoms. The lowest BCUT2D eigenvalue weighted by Crippen LogP contribution is -2.26. The summed E-state index contributed by atoms with van der Waals surface area (Å²) in [6.45, 7) is 0.359. The Morgan fingerprint density at radius 2 is 1.67 bits per heavy atom. The predicted molar refractivity (Wildman–Crippen MR) is 99.4 cm³/mol. The van der Waals surface area contributed by atoms with E-state index in [0.717, 1.165) is 5.56 Å². The van der Waals surface area contributed by atoms with Gasteiger partial charge in [0, 0.05) is 17.7 Å². The Bertz CT molecular complexity index is 903. The molecule has 3 rings (SSSR count). The number of hydrogen-bond acceptors (Lipinski definition) is 4. The van der Waals surface area contributed by atoms with Gasteiger partial charge in [0.15, 0.2) is 0 Å².